The zero-order chi connectivity index (χ0) is 30.6. The molecule has 0 fully saturated rings. The smallest absolute Gasteiger partial charge is 0.276 e. The van der Waals surface area contributed by atoms with Crippen LogP contribution in [0.25, 0.3) is 5.69 Å². The van der Waals surface area contributed by atoms with Crippen molar-refractivity contribution in [2.24, 2.45) is 0 Å². The molecule has 12 nitrogen and oxygen atoms in total. The number of non-ortho nitro benzene ring substituents is 1. The Hall–Kier alpha value is -4.75. The summed E-state index contributed by atoms with van der Waals surface area (Å²) in [4.78, 5) is 23.7. The number of rotatable bonds is 11. The van der Waals surface area contributed by atoms with Gasteiger partial charge in [-0.05, 0) is 75.2 Å². The van der Waals surface area contributed by atoms with Crippen LogP contribution in [0.1, 0.15) is 41.9 Å². The van der Waals surface area contributed by atoms with Gasteiger partial charge in [0.15, 0.2) is 5.69 Å². The number of benzene rings is 3. The molecule has 0 aliphatic rings. The SMILES string of the molecule is CC[C@H](C)NS(=O)(=O)c1cc([N+](=O)[O-])ccc1Oc1c(C)c(C(=O)Nc2cccc(C)c2)nn1-c1ccc(OC)cc1. The summed E-state index contributed by atoms with van der Waals surface area (Å²) in [7, 11) is -2.71. The molecule has 1 atom stereocenters. The average molecular weight is 594 g/mol. The predicted octanol–water partition coefficient (Wildman–Crippen LogP) is 5.53. The number of nitro groups is 1. The minimum Gasteiger partial charge on any atom is -0.497 e. The molecule has 0 bridgehead atoms. The van der Waals surface area contributed by atoms with Crippen molar-refractivity contribution in [1.29, 1.82) is 0 Å². The van der Waals surface area contributed by atoms with Crippen LogP contribution in [0.3, 0.4) is 0 Å². The first-order valence-corrected chi connectivity index (χ1v) is 14.5. The van der Waals surface area contributed by atoms with Gasteiger partial charge < -0.3 is 14.8 Å². The minimum atomic E-state index is -4.24. The molecule has 0 aliphatic carbocycles. The van der Waals surface area contributed by atoms with Crippen LogP contribution in [0, 0.1) is 24.0 Å². The molecule has 0 unspecified atom stereocenters. The van der Waals surface area contributed by atoms with Crippen LogP contribution in [0.2, 0.25) is 0 Å². The maximum absolute atomic E-state index is 13.4. The molecular formula is C29H31N5O7S. The Morgan fingerprint density at radius 3 is 2.43 bits per heavy atom. The van der Waals surface area contributed by atoms with Crippen LogP contribution < -0.4 is 19.5 Å². The van der Waals surface area contributed by atoms with E-state index in [0.29, 0.717) is 29.1 Å². The van der Waals surface area contributed by atoms with Crippen LogP contribution in [0.5, 0.6) is 17.4 Å². The summed E-state index contributed by atoms with van der Waals surface area (Å²) < 4.78 is 41.9. The number of nitrogens with one attached hydrogen (secondary N) is 2. The van der Waals surface area contributed by atoms with E-state index in [1.54, 1.807) is 51.1 Å². The summed E-state index contributed by atoms with van der Waals surface area (Å²) in [5, 5.41) is 18.8. The quantitative estimate of drug-likeness (QED) is 0.170. The standard InChI is InChI=1S/C29H31N5O7S/c1-6-19(3)32-42(38,39)26-17-23(34(36)37)12-15-25(26)41-29-20(4)27(28(35)30-21-9-7-8-18(2)16-21)31-33(29)22-10-13-24(40-5)14-11-22/h7-17,19,32H,6H2,1-5H3,(H,30,35)/t19-/m0/s1. The van der Waals surface area contributed by atoms with Crippen LogP contribution in [0.4, 0.5) is 11.4 Å². The van der Waals surface area contributed by atoms with Gasteiger partial charge in [0.05, 0.1) is 17.7 Å². The summed E-state index contributed by atoms with van der Waals surface area (Å²) in [6.45, 7) is 7.00. The number of ether oxygens (including phenoxy) is 2. The average Bonchev–Trinajstić information content (AvgIpc) is 3.28. The van der Waals surface area contributed by atoms with E-state index in [4.69, 9.17) is 9.47 Å². The molecule has 13 heteroatoms. The van der Waals surface area contributed by atoms with Crippen LogP contribution in [-0.4, -0.2) is 42.2 Å². The lowest BCUT2D eigenvalue weighted by molar-refractivity contribution is -0.385. The lowest BCUT2D eigenvalue weighted by Crippen LogP contribution is -2.32. The molecule has 0 aliphatic heterocycles. The zero-order valence-corrected chi connectivity index (χ0v) is 24.6. The lowest BCUT2D eigenvalue weighted by Gasteiger charge is -2.16. The van der Waals surface area contributed by atoms with Crippen molar-refractivity contribution in [3.8, 4) is 23.1 Å². The third kappa shape index (κ3) is 6.58. The first kappa shape index (κ1) is 30.2. The second-order valence-electron chi connectivity index (χ2n) is 9.63. The molecule has 0 radical (unpaired) electrons. The highest BCUT2D eigenvalue weighted by molar-refractivity contribution is 7.89. The fraction of sp³-hybridized carbons (Fsp3) is 0.241. The number of hydrogen-bond acceptors (Lipinski definition) is 8. The Balaban J connectivity index is 1.85. The molecule has 1 heterocycles. The number of nitro benzene ring substituents is 1. The molecule has 0 saturated heterocycles. The topological polar surface area (TPSA) is 155 Å². The molecule has 0 saturated carbocycles. The number of anilines is 1. The summed E-state index contributed by atoms with van der Waals surface area (Å²) in [5.41, 5.74) is 1.94. The van der Waals surface area contributed by atoms with Gasteiger partial charge in [-0.25, -0.2) is 13.1 Å². The molecular weight excluding hydrogens is 562 g/mol. The number of aromatic nitrogens is 2. The fourth-order valence-corrected chi connectivity index (χ4v) is 5.52. The Labute approximate surface area is 243 Å². The van der Waals surface area contributed by atoms with Crippen molar-refractivity contribution < 1.29 is 27.6 Å². The normalized spacial score (nSPS) is 12.0. The van der Waals surface area contributed by atoms with Gasteiger partial charge in [-0.3, -0.25) is 14.9 Å². The second kappa shape index (κ2) is 12.4. The van der Waals surface area contributed by atoms with E-state index in [9.17, 15) is 23.3 Å². The Bertz CT molecular complexity index is 1730. The van der Waals surface area contributed by atoms with Gasteiger partial charge in [0.2, 0.25) is 15.9 Å². The zero-order valence-electron chi connectivity index (χ0n) is 23.7. The minimum absolute atomic E-state index is 0.0337. The van der Waals surface area contributed by atoms with Crippen LogP contribution in [0.15, 0.2) is 71.6 Å². The number of nitrogens with zero attached hydrogens (tertiary/aromatic N) is 3. The molecule has 2 N–H and O–H groups in total. The first-order chi connectivity index (χ1) is 19.9. The summed E-state index contributed by atoms with van der Waals surface area (Å²) in [5.74, 6) is -0.0595. The van der Waals surface area contributed by atoms with Gasteiger partial charge in [0, 0.05) is 29.4 Å². The molecule has 0 spiro atoms. The van der Waals surface area contributed by atoms with E-state index in [2.05, 4.69) is 15.1 Å². The Morgan fingerprint density at radius 1 is 1.10 bits per heavy atom. The highest BCUT2D eigenvalue weighted by Gasteiger charge is 2.28. The van der Waals surface area contributed by atoms with Crippen molar-refractivity contribution in [1.82, 2.24) is 14.5 Å². The van der Waals surface area contributed by atoms with Crippen molar-refractivity contribution in [3.63, 3.8) is 0 Å². The van der Waals surface area contributed by atoms with Gasteiger partial charge in [0.1, 0.15) is 16.4 Å². The van der Waals surface area contributed by atoms with Crippen molar-refractivity contribution in [2.45, 2.75) is 45.1 Å². The van der Waals surface area contributed by atoms with Gasteiger partial charge in [0.25, 0.3) is 11.6 Å². The van der Waals surface area contributed by atoms with Crippen molar-refractivity contribution >= 4 is 27.3 Å². The van der Waals surface area contributed by atoms with E-state index >= 15 is 0 Å². The van der Waals surface area contributed by atoms with E-state index in [1.165, 1.54) is 17.9 Å². The highest BCUT2D eigenvalue weighted by atomic mass is 32.2. The molecule has 1 amide bonds. The maximum Gasteiger partial charge on any atom is 0.276 e. The van der Waals surface area contributed by atoms with E-state index in [-0.39, 0.29) is 17.3 Å². The highest BCUT2D eigenvalue weighted by Crippen LogP contribution is 2.36. The van der Waals surface area contributed by atoms with E-state index in [0.717, 1.165) is 17.7 Å². The van der Waals surface area contributed by atoms with Gasteiger partial charge in [-0.2, -0.15) is 9.78 Å². The number of amides is 1. The monoisotopic (exact) mass is 593 g/mol. The second-order valence-corrected chi connectivity index (χ2v) is 11.3. The molecule has 1 aromatic heterocycles. The number of aryl methyl sites for hydroxylation is 1. The number of hydrogen-bond donors (Lipinski definition) is 2. The third-order valence-corrected chi connectivity index (χ3v) is 8.09. The largest absolute Gasteiger partial charge is 0.497 e. The number of sulfonamides is 1. The van der Waals surface area contributed by atoms with Gasteiger partial charge in [-0.1, -0.05) is 19.1 Å². The molecule has 3 aromatic carbocycles. The summed E-state index contributed by atoms with van der Waals surface area (Å²) >= 11 is 0. The fourth-order valence-electron chi connectivity index (χ4n) is 4.05. The van der Waals surface area contributed by atoms with Crippen LogP contribution >= 0.6 is 0 Å². The van der Waals surface area contributed by atoms with Crippen molar-refractivity contribution in [3.05, 3.63) is 93.7 Å². The Kier molecular flexibility index (Phi) is 8.93. The lowest BCUT2D eigenvalue weighted by atomic mass is 10.2. The van der Waals surface area contributed by atoms with Gasteiger partial charge in [-0.15, -0.1) is 0 Å². The number of carbonyl (C=O) groups excluding carboxylic acids is 1. The molecule has 4 aromatic rings. The third-order valence-electron chi connectivity index (χ3n) is 6.48. The number of carbonyl (C=O) groups is 1. The van der Waals surface area contributed by atoms with E-state index < -0.39 is 37.5 Å². The molecule has 4 rings (SSSR count). The van der Waals surface area contributed by atoms with E-state index in [1.807, 2.05) is 25.1 Å². The molecule has 220 valence electrons. The Morgan fingerprint density at radius 2 is 1.81 bits per heavy atom. The maximum atomic E-state index is 13.4. The number of methoxy groups -OCH3 is 1. The van der Waals surface area contributed by atoms with Crippen LogP contribution in [-0.2, 0) is 10.0 Å². The molecule has 42 heavy (non-hydrogen) atoms. The predicted molar refractivity (Wildman–Crippen MR) is 157 cm³/mol. The summed E-state index contributed by atoms with van der Waals surface area (Å²) in [6, 6.07) is 16.9. The first-order valence-electron chi connectivity index (χ1n) is 13.0. The van der Waals surface area contributed by atoms with Crippen molar-refractivity contribution in [2.75, 3.05) is 12.4 Å². The summed E-state index contributed by atoms with van der Waals surface area (Å²) in [6.07, 6.45) is 0.493. The van der Waals surface area contributed by atoms with Gasteiger partial charge >= 0.3 is 0 Å².